The van der Waals surface area contributed by atoms with Crippen molar-refractivity contribution >= 4 is 27.5 Å². The Labute approximate surface area is 169 Å². The molecular formula is C21H26N4O2S. The van der Waals surface area contributed by atoms with Gasteiger partial charge in [-0.1, -0.05) is 6.42 Å². The number of carbonyl (C=O) groups is 1. The number of carbonyl (C=O) groups excluding carboxylic acids is 1. The molecule has 0 radical (unpaired) electrons. The van der Waals surface area contributed by atoms with Crippen molar-refractivity contribution in [3.05, 3.63) is 34.5 Å². The summed E-state index contributed by atoms with van der Waals surface area (Å²) < 4.78 is 5.42. The van der Waals surface area contributed by atoms with E-state index < -0.39 is 0 Å². The molecule has 28 heavy (non-hydrogen) atoms. The number of likely N-dealkylation sites (tertiary alicyclic amines) is 1. The van der Waals surface area contributed by atoms with Crippen molar-refractivity contribution in [1.82, 2.24) is 20.2 Å². The minimum Gasteiger partial charge on any atom is -0.461 e. The average molecular weight is 399 g/mol. The van der Waals surface area contributed by atoms with Crippen molar-refractivity contribution in [1.29, 1.82) is 0 Å². The first-order valence-electron chi connectivity index (χ1n) is 9.95. The Morgan fingerprint density at radius 1 is 1.25 bits per heavy atom. The summed E-state index contributed by atoms with van der Waals surface area (Å²) in [5.74, 6) is 1.18. The molecule has 0 bridgehead atoms. The van der Waals surface area contributed by atoms with Crippen molar-refractivity contribution in [2.75, 3.05) is 26.2 Å². The van der Waals surface area contributed by atoms with Crippen LogP contribution in [-0.2, 0) is 0 Å². The molecule has 1 fully saturated rings. The maximum Gasteiger partial charge on any atom is 0.261 e. The van der Waals surface area contributed by atoms with Crippen LogP contribution in [0.25, 0.3) is 21.8 Å². The van der Waals surface area contributed by atoms with Gasteiger partial charge in [0.1, 0.15) is 4.83 Å². The number of rotatable bonds is 6. The third-order valence-corrected chi connectivity index (χ3v) is 6.49. The number of furan rings is 1. The standard InChI is InChI=1S/C21H26N4O2S/c1-14-17-15(2)23-19(16-8-6-13-27-16)24-21(17)28-18(14)20(26)22-9-7-12-25-10-4-3-5-11-25/h6,8,13H,3-5,7,9-12H2,1-2H3,(H,22,26). The van der Waals surface area contributed by atoms with Crippen molar-refractivity contribution < 1.29 is 9.21 Å². The van der Waals surface area contributed by atoms with Gasteiger partial charge >= 0.3 is 0 Å². The number of amides is 1. The number of piperidine rings is 1. The summed E-state index contributed by atoms with van der Waals surface area (Å²) >= 11 is 1.43. The molecule has 1 aliphatic heterocycles. The van der Waals surface area contributed by atoms with Crippen LogP contribution in [0, 0.1) is 13.8 Å². The first-order valence-corrected chi connectivity index (χ1v) is 10.8. The lowest BCUT2D eigenvalue weighted by Gasteiger charge is -2.26. The second-order valence-electron chi connectivity index (χ2n) is 7.36. The van der Waals surface area contributed by atoms with Gasteiger partial charge in [-0.15, -0.1) is 11.3 Å². The Morgan fingerprint density at radius 2 is 2.07 bits per heavy atom. The van der Waals surface area contributed by atoms with Crippen molar-refractivity contribution in [2.24, 2.45) is 0 Å². The van der Waals surface area contributed by atoms with Crippen LogP contribution in [0.1, 0.15) is 46.6 Å². The summed E-state index contributed by atoms with van der Waals surface area (Å²) in [7, 11) is 0. The molecule has 3 aromatic heterocycles. The van der Waals surface area contributed by atoms with Crippen LogP contribution in [0.2, 0.25) is 0 Å². The van der Waals surface area contributed by atoms with Crippen molar-refractivity contribution in [3.63, 3.8) is 0 Å². The molecule has 7 heteroatoms. The van der Waals surface area contributed by atoms with Crippen LogP contribution < -0.4 is 5.32 Å². The lowest BCUT2D eigenvalue weighted by atomic mass is 10.1. The fraction of sp³-hybridized carbons (Fsp3) is 0.476. The predicted octanol–water partition coefficient (Wildman–Crippen LogP) is 4.17. The van der Waals surface area contributed by atoms with Crippen LogP contribution >= 0.6 is 11.3 Å². The third-order valence-electron chi connectivity index (χ3n) is 5.30. The fourth-order valence-electron chi connectivity index (χ4n) is 3.84. The van der Waals surface area contributed by atoms with Crippen LogP contribution in [0.4, 0.5) is 0 Å². The van der Waals surface area contributed by atoms with Gasteiger partial charge in [-0.2, -0.15) is 0 Å². The second kappa shape index (κ2) is 8.41. The topological polar surface area (TPSA) is 71.3 Å². The number of hydrogen-bond donors (Lipinski definition) is 1. The van der Waals surface area contributed by atoms with E-state index in [1.165, 1.54) is 43.7 Å². The van der Waals surface area contributed by atoms with Gasteiger partial charge < -0.3 is 14.6 Å². The highest BCUT2D eigenvalue weighted by molar-refractivity contribution is 7.20. The Hall–Kier alpha value is -2.25. The van der Waals surface area contributed by atoms with Gasteiger partial charge in [0.25, 0.3) is 5.91 Å². The highest BCUT2D eigenvalue weighted by atomic mass is 32.1. The van der Waals surface area contributed by atoms with E-state index in [0.717, 1.165) is 39.3 Å². The number of aromatic nitrogens is 2. The highest BCUT2D eigenvalue weighted by Crippen LogP contribution is 2.32. The van der Waals surface area contributed by atoms with E-state index in [2.05, 4.69) is 20.2 Å². The number of aryl methyl sites for hydroxylation is 2. The zero-order valence-corrected chi connectivity index (χ0v) is 17.3. The number of hydrogen-bond acceptors (Lipinski definition) is 6. The molecule has 0 saturated carbocycles. The summed E-state index contributed by atoms with van der Waals surface area (Å²) in [5.41, 5.74) is 1.83. The summed E-state index contributed by atoms with van der Waals surface area (Å²) in [6.07, 6.45) is 6.54. The predicted molar refractivity (Wildman–Crippen MR) is 112 cm³/mol. The van der Waals surface area contributed by atoms with Crippen LogP contribution in [0.15, 0.2) is 22.8 Å². The molecule has 3 aromatic rings. The third kappa shape index (κ3) is 3.95. The molecule has 1 amide bonds. The molecule has 1 N–H and O–H groups in total. The molecule has 0 atom stereocenters. The Kier molecular flexibility index (Phi) is 5.73. The number of thiophene rings is 1. The number of fused-ring (bicyclic) bond motifs is 1. The first-order chi connectivity index (χ1) is 13.6. The molecule has 1 saturated heterocycles. The molecule has 0 aromatic carbocycles. The Balaban J connectivity index is 1.45. The van der Waals surface area contributed by atoms with E-state index in [4.69, 9.17) is 4.42 Å². The van der Waals surface area contributed by atoms with E-state index in [1.807, 2.05) is 26.0 Å². The Bertz CT molecular complexity index is 959. The number of nitrogens with one attached hydrogen (secondary N) is 1. The molecule has 1 aliphatic rings. The summed E-state index contributed by atoms with van der Waals surface area (Å²) in [5, 5.41) is 4.05. The number of nitrogens with zero attached hydrogens (tertiary/aromatic N) is 3. The average Bonchev–Trinajstić information content (AvgIpc) is 3.34. The summed E-state index contributed by atoms with van der Waals surface area (Å²) in [6.45, 7) is 8.08. The molecule has 0 unspecified atom stereocenters. The zero-order valence-electron chi connectivity index (χ0n) is 16.5. The van der Waals surface area contributed by atoms with Gasteiger partial charge in [0.15, 0.2) is 11.6 Å². The van der Waals surface area contributed by atoms with Crippen molar-refractivity contribution in [2.45, 2.75) is 39.5 Å². The lowest BCUT2D eigenvalue weighted by Crippen LogP contribution is -2.33. The van der Waals surface area contributed by atoms with E-state index in [1.54, 1.807) is 6.26 Å². The normalized spacial score (nSPS) is 15.2. The molecule has 4 heterocycles. The molecule has 148 valence electrons. The maximum atomic E-state index is 12.7. The van der Waals surface area contributed by atoms with Gasteiger partial charge in [0, 0.05) is 11.9 Å². The molecule has 0 spiro atoms. The van der Waals surface area contributed by atoms with Gasteiger partial charge in [-0.25, -0.2) is 9.97 Å². The SMILES string of the molecule is Cc1nc(-c2ccco2)nc2sc(C(=O)NCCCN3CCCCC3)c(C)c12. The van der Waals surface area contributed by atoms with E-state index >= 15 is 0 Å². The van der Waals surface area contributed by atoms with E-state index in [9.17, 15) is 4.79 Å². The summed E-state index contributed by atoms with van der Waals surface area (Å²) in [6, 6.07) is 3.66. The molecule has 6 nitrogen and oxygen atoms in total. The van der Waals surface area contributed by atoms with Gasteiger partial charge in [0.2, 0.25) is 0 Å². The summed E-state index contributed by atoms with van der Waals surface area (Å²) in [4.78, 5) is 26.0. The van der Waals surface area contributed by atoms with Gasteiger partial charge in [-0.05, 0) is 70.4 Å². The van der Waals surface area contributed by atoms with Gasteiger partial charge in [-0.3, -0.25) is 4.79 Å². The first kappa shape index (κ1) is 19.1. The fourth-order valence-corrected chi connectivity index (χ4v) is 4.99. The smallest absolute Gasteiger partial charge is 0.261 e. The minimum atomic E-state index is -0.0157. The minimum absolute atomic E-state index is 0.0157. The van der Waals surface area contributed by atoms with E-state index in [-0.39, 0.29) is 5.91 Å². The van der Waals surface area contributed by atoms with Gasteiger partial charge in [0.05, 0.1) is 16.8 Å². The Morgan fingerprint density at radius 3 is 2.82 bits per heavy atom. The zero-order chi connectivity index (χ0) is 19.5. The lowest BCUT2D eigenvalue weighted by molar-refractivity contribution is 0.0954. The van der Waals surface area contributed by atoms with Crippen molar-refractivity contribution in [3.8, 4) is 11.6 Å². The van der Waals surface area contributed by atoms with Crippen LogP contribution in [-0.4, -0.2) is 47.0 Å². The molecule has 0 aliphatic carbocycles. The van der Waals surface area contributed by atoms with E-state index in [0.29, 0.717) is 18.1 Å². The second-order valence-corrected chi connectivity index (χ2v) is 8.36. The quantitative estimate of drug-likeness (QED) is 0.631. The largest absolute Gasteiger partial charge is 0.461 e. The van der Waals surface area contributed by atoms with Crippen LogP contribution in [0.5, 0.6) is 0 Å². The maximum absolute atomic E-state index is 12.7. The monoisotopic (exact) mass is 398 g/mol. The molecule has 4 rings (SSSR count). The molecular weight excluding hydrogens is 372 g/mol. The van der Waals surface area contributed by atoms with Crippen LogP contribution in [0.3, 0.4) is 0 Å². The highest BCUT2D eigenvalue weighted by Gasteiger charge is 2.20.